The molecule has 4 N–H and O–H groups in total. The number of nitrogens with zero attached hydrogens (tertiary/aromatic N) is 1. The number of nitrogen functional groups attached to an aromatic ring is 1. The van der Waals surface area contributed by atoms with Crippen molar-refractivity contribution < 1.29 is 9.53 Å². The highest BCUT2D eigenvalue weighted by Gasteiger charge is 2.12. The molecule has 6 nitrogen and oxygen atoms in total. The lowest BCUT2D eigenvalue weighted by Crippen LogP contribution is -2.30. The Morgan fingerprint density at radius 1 is 1.80 bits per heavy atom. The van der Waals surface area contributed by atoms with Crippen LogP contribution in [0.2, 0.25) is 0 Å². The van der Waals surface area contributed by atoms with E-state index < -0.39 is 0 Å². The molecule has 0 spiro atoms. The Labute approximate surface area is 88.2 Å². The van der Waals surface area contributed by atoms with Gasteiger partial charge >= 0.3 is 0 Å². The summed E-state index contributed by atoms with van der Waals surface area (Å²) in [6.45, 7) is 3.15. The van der Waals surface area contributed by atoms with Gasteiger partial charge in [-0.3, -0.25) is 9.89 Å². The van der Waals surface area contributed by atoms with Gasteiger partial charge in [0, 0.05) is 13.7 Å². The molecule has 1 rings (SSSR count). The van der Waals surface area contributed by atoms with Gasteiger partial charge in [-0.25, -0.2) is 0 Å². The number of aromatic nitrogens is 2. The molecule has 0 saturated carbocycles. The Morgan fingerprint density at radius 3 is 3.07 bits per heavy atom. The van der Waals surface area contributed by atoms with Gasteiger partial charge in [-0.2, -0.15) is 5.10 Å². The molecule has 0 aromatic carbocycles. The fraction of sp³-hybridized carbons (Fsp3) is 0.556. The van der Waals surface area contributed by atoms with E-state index in [2.05, 4.69) is 15.5 Å². The molecular weight excluding hydrogens is 196 g/mol. The molecule has 0 radical (unpaired) electrons. The second-order valence-electron chi connectivity index (χ2n) is 3.47. The van der Waals surface area contributed by atoms with Gasteiger partial charge < -0.3 is 15.8 Å². The highest BCUT2D eigenvalue weighted by Crippen LogP contribution is 2.05. The zero-order valence-electron chi connectivity index (χ0n) is 8.91. The number of aromatic amines is 1. The van der Waals surface area contributed by atoms with Crippen LogP contribution in [0.4, 0.5) is 5.82 Å². The second-order valence-corrected chi connectivity index (χ2v) is 3.47. The Balaban J connectivity index is 2.40. The van der Waals surface area contributed by atoms with E-state index in [1.54, 1.807) is 7.11 Å². The smallest absolute Gasteiger partial charge is 0.256 e. The number of hydrogen-bond donors (Lipinski definition) is 3. The van der Waals surface area contributed by atoms with Crippen molar-refractivity contribution in [2.24, 2.45) is 5.92 Å². The van der Waals surface area contributed by atoms with Crippen LogP contribution >= 0.6 is 0 Å². The summed E-state index contributed by atoms with van der Waals surface area (Å²) in [6, 6.07) is 0. The molecule has 1 heterocycles. The largest absolute Gasteiger partial charge is 0.384 e. The first-order chi connectivity index (χ1) is 7.15. The summed E-state index contributed by atoms with van der Waals surface area (Å²) in [5.74, 6) is 0.336. The normalized spacial score (nSPS) is 12.4. The minimum Gasteiger partial charge on any atom is -0.384 e. The van der Waals surface area contributed by atoms with E-state index in [0.29, 0.717) is 18.7 Å². The first kappa shape index (κ1) is 11.5. The van der Waals surface area contributed by atoms with Crippen molar-refractivity contribution in [2.45, 2.75) is 6.92 Å². The Kier molecular flexibility index (Phi) is 4.11. The van der Waals surface area contributed by atoms with Crippen molar-refractivity contribution in [3.8, 4) is 0 Å². The number of nitrogens with two attached hydrogens (primary N) is 1. The summed E-state index contributed by atoms with van der Waals surface area (Å²) >= 11 is 0. The zero-order chi connectivity index (χ0) is 11.3. The van der Waals surface area contributed by atoms with Crippen LogP contribution in [0.25, 0.3) is 0 Å². The number of hydrogen-bond acceptors (Lipinski definition) is 4. The minimum atomic E-state index is -0.218. The van der Waals surface area contributed by atoms with E-state index in [4.69, 9.17) is 10.5 Å². The maximum atomic E-state index is 11.5. The van der Waals surface area contributed by atoms with Gasteiger partial charge in [0.25, 0.3) is 5.91 Å². The number of nitrogens with one attached hydrogen (secondary N) is 2. The van der Waals surface area contributed by atoms with Gasteiger partial charge in [0.15, 0.2) is 0 Å². The van der Waals surface area contributed by atoms with Crippen molar-refractivity contribution in [3.63, 3.8) is 0 Å². The molecular formula is C9H16N4O2. The monoisotopic (exact) mass is 212 g/mol. The third-order valence-corrected chi connectivity index (χ3v) is 1.98. The molecule has 0 aliphatic carbocycles. The van der Waals surface area contributed by atoms with E-state index in [1.165, 1.54) is 6.20 Å². The molecule has 0 aliphatic rings. The third-order valence-electron chi connectivity index (χ3n) is 1.98. The van der Waals surface area contributed by atoms with Gasteiger partial charge in [0.05, 0.1) is 12.8 Å². The number of anilines is 1. The average molecular weight is 212 g/mol. The molecule has 0 fully saturated rings. The van der Waals surface area contributed by atoms with Crippen LogP contribution in [0.1, 0.15) is 17.3 Å². The van der Waals surface area contributed by atoms with Gasteiger partial charge in [-0.05, 0) is 5.92 Å². The fourth-order valence-electron chi connectivity index (χ4n) is 1.18. The zero-order valence-corrected chi connectivity index (χ0v) is 8.91. The maximum Gasteiger partial charge on any atom is 0.256 e. The summed E-state index contributed by atoms with van der Waals surface area (Å²) in [7, 11) is 1.63. The van der Waals surface area contributed by atoms with E-state index in [1.807, 2.05) is 6.92 Å². The molecule has 15 heavy (non-hydrogen) atoms. The SMILES string of the molecule is COCC(C)CNC(=O)c1cn[nH]c1N. The third kappa shape index (κ3) is 3.25. The first-order valence-electron chi connectivity index (χ1n) is 4.71. The van der Waals surface area contributed by atoms with Crippen LogP contribution in [0.5, 0.6) is 0 Å². The summed E-state index contributed by atoms with van der Waals surface area (Å²) in [4.78, 5) is 11.5. The summed E-state index contributed by atoms with van der Waals surface area (Å²) in [5.41, 5.74) is 5.88. The van der Waals surface area contributed by atoms with Gasteiger partial charge in [-0.1, -0.05) is 6.92 Å². The molecule has 1 aromatic rings. The highest BCUT2D eigenvalue weighted by atomic mass is 16.5. The summed E-state index contributed by atoms with van der Waals surface area (Å²) in [5, 5.41) is 8.93. The topological polar surface area (TPSA) is 93.0 Å². The van der Waals surface area contributed by atoms with E-state index in [0.717, 1.165) is 0 Å². The van der Waals surface area contributed by atoms with Crippen LogP contribution in [-0.2, 0) is 4.74 Å². The molecule has 1 aromatic heterocycles. The summed E-state index contributed by atoms with van der Waals surface area (Å²) in [6.07, 6.45) is 1.41. The number of carbonyl (C=O) groups is 1. The number of H-pyrrole nitrogens is 1. The van der Waals surface area contributed by atoms with Crippen molar-refractivity contribution in [1.82, 2.24) is 15.5 Å². The molecule has 1 amide bonds. The van der Waals surface area contributed by atoms with Crippen LogP contribution < -0.4 is 11.1 Å². The lowest BCUT2D eigenvalue weighted by Gasteiger charge is -2.10. The van der Waals surface area contributed by atoms with Crippen LogP contribution in [0.15, 0.2) is 6.20 Å². The van der Waals surface area contributed by atoms with Crippen molar-refractivity contribution in [3.05, 3.63) is 11.8 Å². The summed E-state index contributed by atoms with van der Waals surface area (Å²) < 4.78 is 4.96. The lowest BCUT2D eigenvalue weighted by atomic mass is 10.2. The van der Waals surface area contributed by atoms with Gasteiger partial charge in [0.2, 0.25) is 0 Å². The van der Waals surface area contributed by atoms with Crippen LogP contribution in [0.3, 0.4) is 0 Å². The molecule has 0 saturated heterocycles. The van der Waals surface area contributed by atoms with Crippen LogP contribution in [0, 0.1) is 5.92 Å². The van der Waals surface area contributed by atoms with Crippen molar-refractivity contribution in [1.29, 1.82) is 0 Å². The molecule has 84 valence electrons. The molecule has 6 heteroatoms. The van der Waals surface area contributed by atoms with E-state index in [-0.39, 0.29) is 17.6 Å². The van der Waals surface area contributed by atoms with E-state index >= 15 is 0 Å². The Hall–Kier alpha value is -1.56. The van der Waals surface area contributed by atoms with Crippen molar-refractivity contribution in [2.75, 3.05) is 26.0 Å². The standard InChI is InChI=1S/C9H16N4O2/c1-6(5-15-2)3-11-9(14)7-4-12-13-8(7)10/h4,6H,3,5H2,1-2H3,(H,11,14)(H3,10,12,13). The average Bonchev–Trinajstić information content (AvgIpc) is 2.61. The fourth-order valence-corrected chi connectivity index (χ4v) is 1.18. The lowest BCUT2D eigenvalue weighted by molar-refractivity contribution is 0.0935. The predicted molar refractivity (Wildman–Crippen MR) is 56.4 cm³/mol. The highest BCUT2D eigenvalue weighted by molar-refractivity contribution is 5.98. The van der Waals surface area contributed by atoms with Gasteiger partial charge in [0.1, 0.15) is 11.4 Å². The molecule has 0 aliphatic heterocycles. The predicted octanol–water partition coefficient (Wildman–Crippen LogP) is 0.00420. The van der Waals surface area contributed by atoms with Crippen LogP contribution in [-0.4, -0.2) is 36.4 Å². The first-order valence-corrected chi connectivity index (χ1v) is 4.71. The number of ether oxygens (including phenoxy) is 1. The van der Waals surface area contributed by atoms with Crippen molar-refractivity contribution >= 4 is 11.7 Å². The number of carbonyl (C=O) groups excluding carboxylic acids is 1. The van der Waals surface area contributed by atoms with Gasteiger partial charge in [-0.15, -0.1) is 0 Å². The Morgan fingerprint density at radius 2 is 2.53 bits per heavy atom. The molecule has 0 bridgehead atoms. The molecule has 1 unspecified atom stereocenters. The number of rotatable bonds is 5. The maximum absolute atomic E-state index is 11.5. The van der Waals surface area contributed by atoms with E-state index in [9.17, 15) is 4.79 Å². The number of methoxy groups -OCH3 is 1. The quantitative estimate of drug-likeness (QED) is 0.640. The minimum absolute atomic E-state index is 0.218. The second kappa shape index (κ2) is 5.35. The molecule has 1 atom stereocenters. The number of amides is 1. The Bertz CT molecular complexity index is 324.